The predicted molar refractivity (Wildman–Crippen MR) is 76.2 cm³/mol. The van der Waals surface area contributed by atoms with Crippen LogP contribution in [0, 0.1) is 5.41 Å². The van der Waals surface area contributed by atoms with Crippen molar-refractivity contribution in [3.8, 4) is 0 Å². The van der Waals surface area contributed by atoms with E-state index in [2.05, 4.69) is 0 Å². The van der Waals surface area contributed by atoms with Gasteiger partial charge in [0.1, 0.15) is 0 Å². The number of sulfone groups is 1. The van der Waals surface area contributed by atoms with Gasteiger partial charge in [0.05, 0.1) is 17.6 Å². The lowest BCUT2D eigenvalue weighted by Gasteiger charge is -2.32. The molecule has 0 bridgehead atoms. The Morgan fingerprint density at radius 1 is 1.42 bits per heavy atom. The molecule has 7 heteroatoms. The van der Waals surface area contributed by atoms with Crippen LogP contribution in [-0.4, -0.2) is 31.6 Å². The van der Waals surface area contributed by atoms with E-state index in [0.29, 0.717) is 22.0 Å². The van der Waals surface area contributed by atoms with Gasteiger partial charge in [0.25, 0.3) is 0 Å². The minimum atomic E-state index is -3.16. The third kappa shape index (κ3) is 2.90. The number of rotatable bonds is 3. The third-order valence-corrected chi connectivity index (χ3v) is 6.08. The highest BCUT2D eigenvalue weighted by Gasteiger charge is 2.47. The Bertz CT molecular complexity index is 591. The van der Waals surface area contributed by atoms with E-state index in [1.807, 2.05) is 0 Å². The van der Waals surface area contributed by atoms with Crippen molar-refractivity contribution in [3.63, 3.8) is 0 Å². The summed E-state index contributed by atoms with van der Waals surface area (Å²) in [4.78, 5) is 0. The highest BCUT2D eigenvalue weighted by molar-refractivity contribution is 7.91. The lowest BCUT2D eigenvalue weighted by atomic mass is 9.78. The van der Waals surface area contributed by atoms with Crippen LogP contribution in [0.5, 0.6) is 0 Å². The average Bonchev–Trinajstić information content (AvgIpc) is 2.68. The number of aliphatic hydroxyl groups excluding tert-OH is 1. The average molecular weight is 324 g/mol. The van der Waals surface area contributed by atoms with Gasteiger partial charge in [-0.05, 0) is 24.6 Å². The third-order valence-electron chi connectivity index (χ3n) is 3.66. The van der Waals surface area contributed by atoms with Crippen LogP contribution in [-0.2, 0) is 9.84 Å². The smallest absolute Gasteiger partial charge is 0.151 e. The van der Waals surface area contributed by atoms with E-state index < -0.39 is 21.4 Å². The van der Waals surface area contributed by atoms with Gasteiger partial charge in [-0.25, -0.2) is 8.42 Å². The first-order valence-electron chi connectivity index (χ1n) is 5.83. The van der Waals surface area contributed by atoms with E-state index in [1.165, 1.54) is 0 Å². The van der Waals surface area contributed by atoms with Crippen molar-refractivity contribution >= 4 is 33.0 Å². The topological polar surface area (TPSA) is 80.4 Å². The molecule has 0 radical (unpaired) electrons. The summed E-state index contributed by atoms with van der Waals surface area (Å²) in [6, 6.07) is 4.74. The Balaban J connectivity index is 2.42. The number of hydrogen-bond donors (Lipinski definition) is 2. The minimum absolute atomic E-state index is 0.0411. The first kappa shape index (κ1) is 15.1. The zero-order valence-electron chi connectivity index (χ0n) is 10.1. The Morgan fingerprint density at radius 3 is 2.63 bits per heavy atom. The Kier molecular flexibility index (Phi) is 4.14. The molecule has 1 heterocycles. The van der Waals surface area contributed by atoms with E-state index in [-0.39, 0.29) is 18.1 Å². The number of aliphatic hydroxyl groups is 1. The van der Waals surface area contributed by atoms with E-state index in [4.69, 9.17) is 28.9 Å². The molecule has 0 aliphatic carbocycles. The zero-order chi connectivity index (χ0) is 14.3. The van der Waals surface area contributed by atoms with E-state index in [1.54, 1.807) is 18.2 Å². The van der Waals surface area contributed by atoms with Crippen molar-refractivity contribution in [1.29, 1.82) is 0 Å². The van der Waals surface area contributed by atoms with Crippen molar-refractivity contribution < 1.29 is 13.5 Å². The summed E-state index contributed by atoms with van der Waals surface area (Å²) in [5.74, 6) is -0.0834. The maximum atomic E-state index is 11.7. The van der Waals surface area contributed by atoms with Gasteiger partial charge in [0.15, 0.2) is 9.84 Å². The molecule has 1 fully saturated rings. The number of nitrogens with two attached hydrogens (primary N) is 1. The number of halogens is 2. The van der Waals surface area contributed by atoms with Gasteiger partial charge in [0.2, 0.25) is 0 Å². The van der Waals surface area contributed by atoms with Gasteiger partial charge in [-0.1, -0.05) is 23.2 Å². The molecule has 1 aromatic carbocycles. The lowest BCUT2D eigenvalue weighted by Crippen LogP contribution is -2.38. The molecule has 1 aliphatic heterocycles. The minimum Gasteiger partial charge on any atom is -0.388 e. The fourth-order valence-electron chi connectivity index (χ4n) is 2.48. The first-order chi connectivity index (χ1) is 8.80. The van der Waals surface area contributed by atoms with Crippen LogP contribution in [0.3, 0.4) is 0 Å². The Labute approximate surface area is 122 Å². The SMILES string of the molecule is NCC1(C(O)c2cc(Cl)ccc2Cl)CCS(=O)(=O)C1. The van der Waals surface area contributed by atoms with Crippen LogP contribution in [0.2, 0.25) is 10.0 Å². The van der Waals surface area contributed by atoms with Gasteiger partial charge in [0, 0.05) is 27.6 Å². The molecular weight excluding hydrogens is 309 g/mol. The summed E-state index contributed by atoms with van der Waals surface area (Å²) in [6.07, 6.45) is -0.712. The van der Waals surface area contributed by atoms with Gasteiger partial charge in [-0.3, -0.25) is 0 Å². The monoisotopic (exact) mass is 323 g/mol. The second kappa shape index (κ2) is 5.22. The van der Waals surface area contributed by atoms with Crippen molar-refractivity contribution in [3.05, 3.63) is 33.8 Å². The molecule has 1 aromatic rings. The lowest BCUT2D eigenvalue weighted by molar-refractivity contribution is 0.0473. The molecule has 4 nitrogen and oxygen atoms in total. The molecule has 0 aromatic heterocycles. The standard InChI is InChI=1S/C12H15Cl2NO3S/c13-8-1-2-10(14)9(5-8)11(16)12(6-15)3-4-19(17,18)7-12/h1-2,5,11,16H,3-4,6-7,15H2. The zero-order valence-corrected chi connectivity index (χ0v) is 12.5. The fraction of sp³-hybridized carbons (Fsp3) is 0.500. The predicted octanol–water partition coefficient (Wildman–Crippen LogP) is 1.79. The first-order valence-corrected chi connectivity index (χ1v) is 8.41. The van der Waals surface area contributed by atoms with Crippen LogP contribution in [0.1, 0.15) is 18.1 Å². The summed E-state index contributed by atoms with van der Waals surface area (Å²) in [5, 5.41) is 11.3. The van der Waals surface area contributed by atoms with Gasteiger partial charge in [-0.15, -0.1) is 0 Å². The molecule has 1 saturated heterocycles. The summed E-state index contributed by atoms with van der Waals surface area (Å²) < 4.78 is 23.3. The molecule has 106 valence electrons. The van der Waals surface area contributed by atoms with Gasteiger partial charge < -0.3 is 10.8 Å². The van der Waals surface area contributed by atoms with Crippen molar-refractivity contribution in [2.75, 3.05) is 18.1 Å². The molecule has 3 N–H and O–H groups in total. The molecule has 2 rings (SSSR count). The van der Waals surface area contributed by atoms with E-state index in [9.17, 15) is 13.5 Å². The van der Waals surface area contributed by atoms with Crippen LogP contribution in [0.15, 0.2) is 18.2 Å². The maximum Gasteiger partial charge on any atom is 0.151 e. The fourth-order valence-corrected chi connectivity index (χ4v) is 5.04. The van der Waals surface area contributed by atoms with Crippen molar-refractivity contribution in [2.24, 2.45) is 11.1 Å². The van der Waals surface area contributed by atoms with Gasteiger partial charge >= 0.3 is 0 Å². The molecular formula is C12H15Cl2NO3S. The molecule has 0 saturated carbocycles. The molecule has 0 amide bonds. The number of hydrogen-bond acceptors (Lipinski definition) is 4. The molecule has 1 aliphatic rings. The maximum absolute atomic E-state index is 11.7. The Morgan fingerprint density at radius 2 is 2.11 bits per heavy atom. The summed E-state index contributed by atoms with van der Waals surface area (Å²) in [7, 11) is -3.16. The summed E-state index contributed by atoms with van der Waals surface area (Å²) in [5.41, 5.74) is 5.26. The quantitative estimate of drug-likeness (QED) is 0.888. The molecule has 19 heavy (non-hydrogen) atoms. The second-order valence-electron chi connectivity index (χ2n) is 4.98. The largest absolute Gasteiger partial charge is 0.388 e. The van der Waals surface area contributed by atoms with Crippen LogP contribution >= 0.6 is 23.2 Å². The summed E-state index contributed by atoms with van der Waals surface area (Å²) in [6.45, 7) is 0.0796. The highest BCUT2D eigenvalue weighted by atomic mass is 35.5. The molecule has 0 spiro atoms. The van der Waals surface area contributed by atoms with Crippen LogP contribution in [0.25, 0.3) is 0 Å². The number of benzene rings is 1. The van der Waals surface area contributed by atoms with Gasteiger partial charge in [-0.2, -0.15) is 0 Å². The van der Waals surface area contributed by atoms with Crippen molar-refractivity contribution in [1.82, 2.24) is 0 Å². The Hall–Kier alpha value is -0.330. The highest BCUT2D eigenvalue weighted by Crippen LogP contribution is 2.44. The van der Waals surface area contributed by atoms with E-state index >= 15 is 0 Å². The summed E-state index contributed by atoms with van der Waals surface area (Å²) >= 11 is 11.9. The van der Waals surface area contributed by atoms with Crippen LogP contribution < -0.4 is 5.73 Å². The normalized spacial score (nSPS) is 27.4. The molecule has 2 unspecified atom stereocenters. The molecule has 2 atom stereocenters. The van der Waals surface area contributed by atoms with Crippen LogP contribution in [0.4, 0.5) is 0 Å². The van der Waals surface area contributed by atoms with Crippen molar-refractivity contribution in [2.45, 2.75) is 12.5 Å². The van der Waals surface area contributed by atoms with E-state index in [0.717, 1.165) is 0 Å². The second-order valence-corrected chi connectivity index (χ2v) is 8.00.